The Labute approximate surface area is 147 Å². The largest absolute Gasteiger partial charge is 0.364 e. The molecule has 0 bridgehead atoms. The second-order valence-corrected chi connectivity index (χ2v) is 4.86. The van der Waals surface area contributed by atoms with Crippen molar-refractivity contribution in [1.29, 1.82) is 0 Å². The number of thiocarbonyl (C=S) groups is 2. The minimum atomic E-state index is 0. The van der Waals surface area contributed by atoms with Crippen LogP contribution in [0.25, 0.3) is 0 Å². The van der Waals surface area contributed by atoms with Gasteiger partial charge in [-0.05, 0) is 13.8 Å². The Morgan fingerprint density at radius 3 is 1.19 bits per heavy atom. The van der Waals surface area contributed by atoms with E-state index in [1.165, 1.54) is 0 Å². The molecule has 0 aromatic rings. The molecule has 0 N–H and O–H groups in total. The summed E-state index contributed by atoms with van der Waals surface area (Å²) in [4.78, 5) is 3.77. The predicted molar refractivity (Wildman–Crippen MR) is 79.8 cm³/mol. The third-order valence-electron chi connectivity index (χ3n) is 1.42. The maximum absolute atomic E-state index is 4.81. The van der Waals surface area contributed by atoms with Crippen LogP contribution in [0.15, 0.2) is 0 Å². The molecule has 0 saturated carbocycles. The predicted octanol–water partition coefficient (Wildman–Crippen LogP) is 2.30. The average Bonchev–Trinajstić information content (AvgIpc) is 2.06. The molecular weight excluding hydrogens is 383 g/mol. The van der Waals surface area contributed by atoms with Gasteiger partial charge in [-0.25, -0.2) is 0 Å². The molecule has 16 heavy (non-hydrogen) atoms. The summed E-state index contributed by atoms with van der Waals surface area (Å²) in [6.07, 6.45) is 0. The van der Waals surface area contributed by atoms with Crippen molar-refractivity contribution in [3.8, 4) is 0 Å². The molecule has 0 unspecified atom stereocenters. The average molecular weight is 401 g/mol. The third kappa shape index (κ3) is 18.1. The zero-order valence-electron chi connectivity index (χ0n) is 10.4. The van der Waals surface area contributed by atoms with Gasteiger partial charge in [-0.1, -0.05) is 24.4 Å². The molecule has 0 aliphatic carbocycles. The molecule has 0 rings (SSSR count). The first-order valence-corrected chi connectivity index (χ1v) is 5.95. The fourth-order valence-corrected chi connectivity index (χ4v) is 1.04. The quantitative estimate of drug-likeness (QED) is 0.416. The van der Waals surface area contributed by atoms with Crippen molar-refractivity contribution in [2.24, 2.45) is 0 Å². The van der Waals surface area contributed by atoms with Crippen LogP contribution in [0.5, 0.6) is 0 Å². The van der Waals surface area contributed by atoms with Gasteiger partial charge >= 0.3 is 0 Å². The van der Waals surface area contributed by atoms with Crippen molar-refractivity contribution in [2.45, 2.75) is 13.8 Å². The van der Waals surface area contributed by atoms with Gasteiger partial charge in [-0.3, -0.25) is 0 Å². The molecule has 0 spiro atoms. The Balaban J connectivity index is -0.0000000825. The van der Waals surface area contributed by atoms with Gasteiger partial charge in [0.2, 0.25) is 0 Å². The van der Waals surface area contributed by atoms with E-state index in [9.17, 15) is 0 Å². The second-order valence-electron chi connectivity index (χ2n) is 2.63. The van der Waals surface area contributed by atoms with Crippen molar-refractivity contribution in [2.75, 3.05) is 27.2 Å². The van der Waals surface area contributed by atoms with Gasteiger partial charge in [0.25, 0.3) is 0 Å². The van der Waals surface area contributed by atoms with Crippen LogP contribution < -0.4 is 0 Å². The fraction of sp³-hybridized carbons (Fsp3) is 0.750. The van der Waals surface area contributed by atoms with Crippen LogP contribution in [0, 0.1) is 0 Å². The van der Waals surface area contributed by atoms with Crippen molar-refractivity contribution in [3.63, 3.8) is 0 Å². The van der Waals surface area contributed by atoms with E-state index in [0.29, 0.717) is 8.64 Å². The Hall–Kier alpha value is 1.73. The van der Waals surface area contributed by atoms with Crippen molar-refractivity contribution in [1.82, 2.24) is 9.80 Å². The summed E-state index contributed by atoms with van der Waals surface area (Å²) in [5, 5.41) is 0. The van der Waals surface area contributed by atoms with E-state index in [4.69, 9.17) is 12.2 Å². The molecular formula is C8H18N2S4Zn2. The molecule has 0 heterocycles. The summed E-state index contributed by atoms with van der Waals surface area (Å²) in [6.45, 7) is 6.04. The van der Waals surface area contributed by atoms with E-state index in [1.54, 1.807) is 4.90 Å². The van der Waals surface area contributed by atoms with E-state index < -0.39 is 0 Å². The van der Waals surface area contributed by atoms with Crippen LogP contribution in [0.3, 0.4) is 0 Å². The molecule has 0 saturated heterocycles. The van der Waals surface area contributed by atoms with E-state index in [0.717, 1.165) is 13.1 Å². The first-order valence-electron chi connectivity index (χ1n) is 4.24. The first kappa shape index (κ1) is 26.3. The topological polar surface area (TPSA) is 6.48 Å². The van der Waals surface area contributed by atoms with Crippen molar-refractivity contribution in [3.05, 3.63) is 0 Å². The zero-order valence-corrected chi connectivity index (χ0v) is 19.8. The van der Waals surface area contributed by atoms with Gasteiger partial charge in [0, 0.05) is 66.1 Å². The van der Waals surface area contributed by atoms with Crippen LogP contribution in [-0.2, 0) is 39.0 Å². The molecule has 0 fully saturated rings. The van der Waals surface area contributed by atoms with E-state index in [2.05, 4.69) is 51.3 Å². The minimum absolute atomic E-state index is 0. The third-order valence-corrected chi connectivity index (χ3v) is 2.72. The van der Waals surface area contributed by atoms with Crippen LogP contribution in [-0.4, -0.2) is 45.6 Å². The normalized spacial score (nSPS) is 7.38. The molecule has 0 radical (unpaired) electrons. The summed E-state index contributed by atoms with van der Waals surface area (Å²) < 4.78 is 1.31. The van der Waals surface area contributed by atoms with Crippen LogP contribution in [0.1, 0.15) is 13.8 Å². The number of nitrogens with zero attached hydrogens (tertiary/aromatic N) is 2. The van der Waals surface area contributed by atoms with Crippen molar-refractivity contribution >= 4 is 58.3 Å². The molecule has 0 aromatic carbocycles. The zero-order chi connectivity index (χ0) is 11.7. The molecule has 0 aliphatic rings. The maximum Gasteiger partial charge on any atom is 0.133 e. The van der Waals surface area contributed by atoms with Gasteiger partial charge in [-0.2, -0.15) is 0 Å². The molecule has 88 valence electrons. The number of hydrogen-bond donors (Lipinski definition) is 2. The second kappa shape index (κ2) is 16.7. The first-order chi connectivity index (χ1) is 6.36. The van der Waals surface area contributed by atoms with E-state index in [1.807, 2.05) is 19.0 Å². The standard InChI is InChI=1S/C5H11NS2.C3H7NS2.2Zn/c1-3-6(4-2)5(7)8;1-4(2)3(5)6;;/h3-4H2,1-2H3,(H,7,8);1-2H3,(H,5,6);;. The Bertz CT molecular complexity index is 187. The molecule has 0 amide bonds. The molecule has 8 heteroatoms. The van der Waals surface area contributed by atoms with Crippen LogP contribution in [0.2, 0.25) is 0 Å². The number of rotatable bonds is 2. The van der Waals surface area contributed by atoms with Crippen LogP contribution in [0.4, 0.5) is 0 Å². The summed E-state index contributed by atoms with van der Waals surface area (Å²) in [5.41, 5.74) is 0. The summed E-state index contributed by atoms with van der Waals surface area (Å²) in [6, 6.07) is 0. The van der Waals surface area contributed by atoms with Crippen LogP contribution >= 0.6 is 49.7 Å². The van der Waals surface area contributed by atoms with E-state index in [-0.39, 0.29) is 39.0 Å². The number of hydrogen-bond acceptors (Lipinski definition) is 2. The smallest absolute Gasteiger partial charge is 0.133 e. The molecule has 2 nitrogen and oxygen atoms in total. The summed E-state index contributed by atoms with van der Waals surface area (Å²) in [7, 11) is 3.71. The van der Waals surface area contributed by atoms with Gasteiger partial charge < -0.3 is 9.80 Å². The SMILES string of the molecule is CCN(CC)C(=S)S.CN(C)C(=S)S.[Zn].[Zn]. The molecule has 0 aliphatic heterocycles. The molecule has 0 aromatic heterocycles. The van der Waals surface area contributed by atoms with Gasteiger partial charge in [0.05, 0.1) is 0 Å². The summed E-state index contributed by atoms with van der Waals surface area (Å²) >= 11 is 17.3. The Kier molecular flexibility index (Phi) is 27.5. The fourth-order valence-electron chi connectivity index (χ4n) is 0.494. The van der Waals surface area contributed by atoms with Gasteiger partial charge in [0.15, 0.2) is 0 Å². The monoisotopic (exact) mass is 398 g/mol. The minimum Gasteiger partial charge on any atom is -0.364 e. The molecule has 0 atom stereocenters. The summed E-state index contributed by atoms with van der Waals surface area (Å²) in [5.74, 6) is 0. The number of thiol groups is 2. The van der Waals surface area contributed by atoms with Crippen molar-refractivity contribution < 1.29 is 39.0 Å². The van der Waals surface area contributed by atoms with Gasteiger partial charge in [-0.15, -0.1) is 25.3 Å². The van der Waals surface area contributed by atoms with Gasteiger partial charge in [0.1, 0.15) is 8.64 Å². The maximum atomic E-state index is 4.81. The Morgan fingerprint density at radius 2 is 1.19 bits per heavy atom. The Morgan fingerprint density at radius 1 is 0.938 bits per heavy atom. The van der Waals surface area contributed by atoms with E-state index >= 15 is 0 Å².